The summed E-state index contributed by atoms with van der Waals surface area (Å²) >= 11 is 0. The fourth-order valence-corrected chi connectivity index (χ4v) is 2.77. The maximum Gasteiger partial charge on any atom is 0.318 e. The van der Waals surface area contributed by atoms with Gasteiger partial charge in [0.2, 0.25) is 5.82 Å². The number of anilines is 2. The molecule has 0 aliphatic carbocycles. The van der Waals surface area contributed by atoms with Gasteiger partial charge in [-0.1, -0.05) is 0 Å². The van der Waals surface area contributed by atoms with E-state index in [4.69, 9.17) is 5.26 Å². The zero-order valence-corrected chi connectivity index (χ0v) is 15.7. The lowest BCUT2D eigenvalue weighted by Crippen LogP contribution is -2.08. The van der Waals surface area contributed by atoms with Gasteiger partial charge in [-0.3, -0.25) is 25.0 Å². The molecule has 1 aromatic carbocycles. The molecule has 1 N–H and O–H groups in total. The molecule has 0 radical (unpaired) electrons. The van der Waals surface area contributed by atoms with Gasteiger partial charge in [0.05, 0.1) is 21.6 Å². The number of nitrogens with one attached hydrogen (secondary N) is 1. The van der Waals surface area contributed by atoms with Gasteiger partial charge in [0.25, 0.3) is 5.69 Å². The molecule has 0 saturated heterocycles. The number of nitriles is 1. The predicted molar refractivity (Wildman–Crippen MR) is 104 cm³/mol. The first-order chi connectivity index (χ1) is 14.2. The van der Waals surface area contributed by atoms with E-state index in [1.165, 1.54) is 29.8 Å². The smallest absolute Gasteiger partial charge is 0.318 e. The van der Waals surface area contributed by atoms with Crippen molar-refractivity contribution in [2.75, 3.05) is 5.32 Å². The number of ketones is 1. The molecule has 0 aliphatic rings. The van der Waals surface area contributed by atoms with Gasteiger partial charge >= 0.3 is 5.69 Å². The minimum absolute atomic E-state index is 0.160. The van der Waals surface area contributed by atoms with Gasteiger partial charge < -0.3 is 5.32 Å². The van der Waals surface area contributed by atoms with Gasteiger partial charge in [0, 0.05) is 16.9 Å². The lowest BCUT2D eigenvalue weighted by atomic mass is 10.1. The van der Waals surface area contributed by atoms with Crippen LogP contribution in [-0.2, 0) is 0 Å². The number of aromatic nitrogens is 3. The van der Waals surface area contributed by atoms with Gasteiger partial charge in [0.15, 0.2) is 11.5 Å². The highest BCUT2D eigenvalue weighted by atomic mass is 16.6. The molecule has 2 heterocycles. The van der Waals surface area contributed by atoms with Crippen LogP contribution in [0.25, 0.3) is 5.69 Å². The summed E-state index contributed by atoms with van der Waals surface area (Å²) in [6.07, 6.45) is 0.900. The monoisotopic (exact) mass is 407 g/mol. The van der Waals surface area contributed by atoms with Gasteiger partial charge in [-0.15, -0.1) is 0 Å². The Morgan fingerprint density at radius 3 is 2.50 bits per heavy atom. The highest BCUT2D eigenvalue weighted by molar-refractivity contribution is 5.98. The molecule has 0 spiro atoms. The van der Waals surface area contributed by atoms with E-state index >= 15 is 0 Å². The maximum atomic E-state index is 12.0. The van der Waals surface area contributed by atoms with Crippen LogP contribution >= 0.6 is 0 Å². The van der Waals surface area contributed by atoms with Crippen LogP contribution in [0, 0.1) is 38.5 Å². The summed E-state index contributed by atoms with van der Waals surface area (Å²) in [5.74, 6) is -0.452. The van der Waals surface area contributed by atoms with Crippen molar-refractivity contribution in [1.82, 2.24) is 14.8 Å². The summed E-state index contributed by atoms with van der Waals surface area (Å²) in [7, 11) is 0. The van der Waals surface area contributed by atoms with E-state index in [1.54, 1.807) is 13.0 Å². The topological polar surface area (TPSA) is 170 Å². The molecule has 3 rings (SSSR count). The first-order valence-electron chi connectivity index (χ1n) is 8.39. The van der Waals surface area contributed by atoms with Crippen molar-refractivity contribution >= 4 is 28.7 Å². The number of carbonyl (C=O) groups excluding carboxylic acids is 1. The molecular formula is C18H13N7O5. The Bertz CT molecular complexity index is 1240. The highest BCUT2D eigenvalue weighted by Gasteiger charge is 2.22. The number of benzene rings is 1. The third kappa shape index (κ3) is 3.80. The third-order valence-electron chi connectivity index (χ3n) is 4.13. The van der Waals surface area contributed by atoms with Crippen molar-refractivity contribution in [3.8, 4) is 11.8 Å². The number of nitrogens with zero attached hydrogens (tertiary/aromatic N) is 6. The molecule has 0 aliphatic heterocycles. The van der Waals surface area contributed by atoms with E-state index in [0.717, 1.165) is 12.3 Å². The second-order valence-electron chi connectivity index (χ2n) is 6.18. The summed E-state index contributed by atoms with van der Waals surface area (Å²) < 4.78 is 1.41. The number of aryl methyl sites for hydroxylation is 1. The molecule has 0 fully saturated rings. The Kier molecular flexibility index (Phi) is 5.19. The van der Waals surface area contributed by atoms with E-state index in [9.17, 15) is 25.0 Å². The fourth-order valence-electron chi connectivity index (χ4n) is 2.77. The van der Waals surface area contributed by atoms with Crippen LogP contribution in [-0.4, -0.2) is 30.4 Å². The molecule has 0 bridgehead atoms. The fraction of sp³-hybridized carbons (Fsp3) is 0.111. The van der Waals surface area contributed by atoms with Crippen LogP contribution in [0.5, 0.6) is 0 Å². The molecule has 0 amide bonds. The lowest BCUT2D eigenvalue weighted by Gasteiger charge is -2.13. The number of rotatable bonds is 6. The van der Waals surface area contributed by atoms with Crippen LogP contribution in [0.4, 0.5) is 22.9 Å². The largest absolute Gasteiger partial charge is 0.334 e. The zero-order chi connectivity index (χ0) is 22.0. The normalized spacial score (nSPS) is 10.3. The number of Topliss-reactive ketones (excluding diaryl/α,β-unsaturated/α-hetero) is 1. The Hall–Kier alpha value is -4.66. The zero-order valence-electron chi connectivity index (χ0n) is 15.7. The Morgan fingerprint density at radius 2 is 1.93 bits per heavy atom. The summed E-state index contributed by atoms with van der Waals surface area (Å²) in [5.41, 5.74) is 0.671. The molecule has 0 unspecified atom stereocenters. The van der Waals surface area contributed by atoms with E-state index in [2.05, 4.69) is 15.4 Å². The molecule has 30 heavy (non-hydrogen) atoms. The molecule has 2 aromatic heterocycles. The molecule has 12 nitrogen and oxygen atoms in total. The molecular weight excluding hydrogens is 394 g/mol. The average Bonchev–Trinajstić information content (AvgIpc) is 3.08. The van der Waals surface area contributed by atoms with Crippen molar-refractivity contribution in [3.63, 3.8) is 0 Å². The molecule has 150 valence electrons. The number of hydrogen-bond acceptors (Lipinski definition) is 9. The van der Waals surface area contributed by atoms with Crippen molar-refractivity contribution in [3.05, 3.63) is 73.7 Å². The summed E-state index contributed by atoms with van der Waals surface area (Å²) in [5, 5.41) is 38.1. The van der Waals surface area contributed by atoms with E-state index in [1.807, 2.05) is 6.07 Å². The van der Waals surface area contributed by atoms with E-state index < -0.39 is 21.2 Å². The quantitative estimate of drug-likeness (QED) is 0.366. The second kappa shape index (κ2) is 7.76. The molecule has 12 heteroatoms. The summed E-state index contributed by atoms with van der Waals surface area (Å²) in [6.45, 7) is 3.08. The van der Waals surface area contributed by atoms with E-state index in [-0.39, 0.29) is 17.3 Å². The van der Waals surface area contributed by atoms with Crippen molar-refractivity contribution in [1.29, 1.82) is 5.26 Å². The van der Waals surface area contributed by atoms with Crippen LogP contribution in [0.15, 0.2) is 36.5 Å². The minimum atomic E-state index is -0.788. The summed E-state index contributed by atoms with van der Waals surface area (Å²) in [4.78, 5) is 36.4. The second-order valence-corrected chi connectivity index (χ2v) is 6.18. The van der Waals surface area contributed by atoms with Crippen molar-refractivity contribution in [2.45, 2.75) is 13.8 Å². The first kappa shape index (κ1) is 20.1. The number of nitro groups is 2. The van der Waals surface area contributed by atoms with Crippen LogP contribution in [0.3, 0.4) is 0 Å². The Morgan fingerprint density at radius 1 is 1.20 bits per heavy atom. The molecule has 3 aromatic rings. The van der Waals surface area contributed by atoms with Crippen LogP contribution in [0.1, 0.15) is 28.7 Å². The van der Waals surface area contributed by atoms with Gasteiger partial charge in [-0.05, 0) is 38.1 Å². The highest BCUT2D eigenvalue weighted by Crippen LogP contribution is 2.30. The van der Waals surface area contributed by atoms with Crippen LogP contribution in [0.2, 0.25) is 0 Å². The molecule has 0 saturated carbocycles. The molecule has 0 atom stereocenters. The van der Waals surface area contributed by atoms with Crippen molar-refractivity contribution < 1.29 is 14.6 Å². The summed E-state index contributed by atoms with van der Waals surface area (Å²) in [6, 6.07) is 8.81. The van der Waals surface area contributed by atoms with Crippen molar-refractivity contribution in [2.24, 2.45) is 0 Å². The average molecular weight is 407 g/mol. The van der Waals surface area contributed by atoms with Crippen LogP contribution < -0.4 is 5.32 Å². The third-order valence-corrected chi connectivity index (χ3v) is 4.13. The standard InChI is InChI=1S/C18H13N7O5/c1-10-5-13(8-19)22-23(10)16-6-12(3-4-15(16)11(2)26)21-18-17(25(29)30)7-14(9-20-18)24(27)28/h3-7,9H,1-2H3,(H,20,21). The predicted octanol–water partition coefficient (Wildman–Crippen LogP) is 3.21. The van der Waals surface area contributed by atoms with Gasteiger partial charge in [0.1, 0.15) is 12.3 Å². The first-order valence-corrected chi connectivity index (χ1v) is 8.39. The number of carbonyl (C=O) groups is 1. The van der Waals surface area contributed by atoms with Gasteiger partial charge in [-0.25, -0.2) is 9.67 Å². The maximum absolute atomic E-state index is 12.0. The number of pyridine rings is 1. The number of hydrogen-bond donors (Lipinski definition) is 1. The lowest BCUT2D eigenvalue weighted by molar-refractivity contribution is -0.394. The minimum Gasteiger partial charge on any atom is -0.334 e. The SMILES string of the molecule is CC(=O)c1ccc(Nc2ncc([N+](=O)[O-])cc2[N+](=O)[O-])cc1-n1nc(C#N)cc1C. The van der Waals surface area contributed by atoms with E-state index in [0.29, 0.717) is 22.6 Å². The Balaban J connectivity index is 2.10. The Labute approximate surface area is 168 Å². The van der Waals surface area contributed by atoms with Gasteiger partial charge in [-0.2, -0.15) is 10.4 Å².